The molecule has 0 aliphatic rings. The molecule has 5 nitrogen and oxygen atoms in total. The molecular formula is C15H21NO4. The molecule has 1 atom stereocenters. The van der Waals surface area contributed by atoms with E-state index >= 15 is 0 Å². The molecule has 0 bridgehead atoms. The van der Waals surface area contributed by atoms with Crippen molar-refractivity contribution < 1.29 is 19.4 Å². The SMILES string of the molecule is COc1ccc(C[C@H](NC(=O)C(C)(C)C)C(=O)O)cc1. The topological polar surface area (TPSA) is 75.6 Å². The number of aliphatic carboxylic acids is 1. The van der Waals surface area contributed by atoms with Gasteiger partial charge in [-0.2, -0.15) is 0 Å². The Hall–Kier alpha value is -2.04. The monoisotopic (exact) mass is 279 g/mol. The van der Waals surface area contributed by atoms with E-state index in [1.165, 1.54) is 0 Å². The molecule has 0 radical (unpaired) electrons. The number of benzene rings is 1. The van der Waals surface area contributed by atoms with E-state index in [0.29, 0.717) is 5.75 Å². The summed E-state index contributed by atoms with van der Waals surface area (Å²) in [6, 6.07) is 6.17. The van der Waals surface area contributed by atoms with E-state index in [1.54, 1.807) is 52.1 Å². The van der Waals surface area contributed by atoms with E-state index < -0.39 is 17.4 Å². The molecule has 1 aromatic carbocycles. The summed E-state index contributed by atoms with van der Waals surface area (Å²) in [5, 5.41) is 11.8. The van der Waals surface area contributed by atoms with Crippen LogP contribution in [-0.4, -0.2) is 30.1 Å². The van der Waals surface area contributed by atoms with Gasteiger partial charge in [-0.25, -0.2) is 4.79 Å². The zero-order valence-electron chi connectivity index (χ0n) is 12.3. The largest absolute Gasteiger partial charge is 0.497 e. The molecule has 2 N–H and O–H groups in total. The molecule has 0 unspecified atom stereocenters. The van der Waals surface area contributed by atoms with Crippen molar-refractivity contribution in [1.29, 1.82) is 0 Å². The van der Waals surface area contributed by atoms with Crippen molar-refractivity contribution in [3.63, 3.8) is 0 Å². The lowest BCUT2D eigenvalue weighted by molar-refractivity contribution is -0.143. The molecule has 0 aliphatic heterocycles. The molecular weight excluding hydrogens is 258 g/mol. The number of methoxy groups -OCH3 is 1. The van der Waals surface area contributed by atoms with E-state index in [4.69, 9.17) is 4.74 Å². The first-order valence-corrected chi connectivity index (χ1v) is 6.40. The highest BCUT2D eigenvalue weighted by molar-refractivity contribution is 5.86. The zero-order chi connectivity index (χ0) is 15.3. The molecule has 1 amide bonds. The van der Waals surface area contributed by atoms with Crippen LogP contribution in [0.4, 0.5) is 0 Å². The highest BCUT2D eigenvalue weighted by atomic mass is 16.5. The number of amides is 1. The first kappa shape index (κ1) is 16.0. The number of ether oxygens (including phenoxy) is 1. The third-order valence-corrected chi connectivity index (χ3v) is 2.88. The smallest absolute Gasteiger partial charge is 0.326 e. The van der Waals surface area contributed by atoms with Crippen molar-refractivity contribution in [3.05, 3.63) is 29.8 Å². The van der Waals surface area contributed by atoms with Gasteiger partial charge < -0.3 is 15.2 Å². The van der Waals surface area contributed by atoms with Gasteiger partial charge in [0.2, 0.25) is 5.91 Å². The highest BCUT2D eigenvalue weighted by Gasteiger charge is 2.27. The van der Waals surface area contributed by atoms with Crippen LogP contribution in [0.25, 0.3) is 0 Å². The third kappa shape index (κ3) is 4.57. The average Bonchev–Trinajstić information content (AvgIpc) is 2.37. The molecule has 0 heterocycles. The number of hydrogen-bond donors (Lipinski definition) is 2. The maximum Gasteiger partial charge on any atom is 0.326 e. The van der Waals surface area contributed by atoms with Crippen LogP contribution in [0, 0.1) is 5.41 Å². The van der Waals surface area contributed by atoms with Crippen LogP contribution < -0.4 is 10.1 Å². The summed E-state index contributed by atoms with van der Waals surface area (Å²) < 4.78 is 5.04. The summed E-state index contributed by atoms with van der Waals surface area (Å²) in [7, 11) is 1.57. The lowest BCUT2D eigenvalue weighted by Gasteiger charge is -2.22. The lowest BCUT2D eigenvalue weighted by atomic mass is 9.94. The second-order valence-electron chi connectivity index (χ2n) is 5.67. The first-order valence-electron chi connectivity index (χ1n) is 6.40. The number of nitrogens with one attached hydrogen (secondary N) is 1. The van der Waals surface area contributed by atoms with Crippen LogP contribution in [0.3, 0.4) is 0 Å². The minimum Gasteiger partial charge on any atom is -0.497 e. The molecule has 0 aromatic heterocycles. The summed E-state index contributed by atoms with van der Waals surface area (Å²) in [5.41, 5.74) is 0.209. The summed E-state index contributed by atoms with van der Waals surface area (Å²) >= 11 is 0. The Morgan fingerprint density at radius 3 is 2.20 bits per heavy atom. The van der Waals surface area contributed by atoms with E-state index in [1.807, 2.05) is 0 Å². The fourth-order valence-electron chi connectivity index (χ4n) is 1.57. The Balaban J connectivity index is 2.77. The van der Waals surface area contributed by atoms with Crippen LogP contribution in [0.5, 0.6) is 5.75 Å². The van der Waals surface area contributed by atoms with Crippen molar-refractivity contribution in [2.45, 2.75) is 33.2 Å². The minimum absolute atomic E-state index is 0.237. The van der Waals surface area contributed by atoms with E-state index in [2.05, 4.69) is 5.32 Å². The van der Waals surface area contributed by atoms with E-state index in [9.17, 15) is 14.7 Å². The molecule has 0 spiro atoms. The van der Waals surface area contributed by atoms with Crippen LogP contribution >= 0.6 is 0 Å². The average molecular weight is 279 g/mol. The quantitative estimate of drug-likeness (QED) is 0.862. The maximum atomic E-state index is 11.9. The van der Waals surface area contributed by atoms with E-state index in [-0.39, 0.29) is 12.3 Å². The molecule has 20 heavy (non-hydrogen) atoms. The first-order chi connectivity index (χ1) is 9.24. The van der Waals surface area contributed by atoms with Gasteiger partial charge in [0, 0.05) is 11.8 Å². The third-order valence-electron chi connectivity index (χ3n) is 2.88. The predicted octanol–water partition coefficient (Wildman–Crippen LogP) is 1.85. The summed E-state index contributed by atoms with van der Waals surface area (Å²) in [6.07, 6.45) is 0.237. The summed E-state index contributed by atoms with van der Waals surface area (Å²) in [6.45, 7) is 5.23. The molecule has 5 heteroatoms. The predicted molar refractivity (Wildman–Crippen MR) is 75.7 cm³/mol. The van der Waals surface area contributed by atoms with Gasteiger partial charge in [0.25, 0.3) is 0 Å². The fourth-order valence-corrected chi connectivity index (χ4v) is 1.57. The maximum absolute atomic E-state index is 11.9. The summed E-state index contributed by atoms with van der Waals surface area (Å²) in [5.74, 6) is -0.615. The molecule has 1 aromatic rings. The molecule has 0 saturated heterocycles. The van der Waals surface area contributed by atoms with Crippen LogP contribution in [-0.2, 0) is 16.0 Å². The summed E-state index contributed by atoms with van der Waals surface area (Å²) in [4.78, 5) is 23.1. The Kier molecular flexibility index (Phi) is 5.13. The molecule has 0 aliphatic carbocycles. The standard InChI is InChI=1S/C15H21NO4/c1-15(2,3)14(19)16-12(13(17)18)9-10-5-7-11(20-4)8-6-10/h5-8,12H,9H2,1-4H3,(H,16,19)(H,17,18)/t12-/m0/s1. The van der Waals surface area contributed by atoms with Gasteiger partial charge in [-0.3, -0.25) is 4.79 Å². The Morgan fingerprint density at radius 2 is 1.80 bits per heavy atom. The second-order valence-corrected chi connectivity index (χ2v) is 5.67. The Labute approximate surface area is 118 Å². The van der Waals surface area contributed by atoms with Gasteiger partial charge in [-0.15, -0.1) is 0 Å². The Bertz CT molecular complexity index is 474. The van der Waals surface area contributed by atoms with Crippen molar-refractivity contribution >= 4 is 11.9 Å². The van der Waals surface area contributed by atoms with Crippen molar-refractivity contribution in [1.82, 2.24) is 5.32 Å². The van der Waals surface area contributed by atoms with Gasteiger partial charge in [0.1, 0.15) is 11.8 Å². The molecule has 0 saturated carbocycles. The van der Waals surface area contributed by atoms with Crippen molar-refractivity contribution in [3.8, 4) is 5.75 Å². The molecule has 110 valence electrons. The zero-order valence-corrected chi connectivity index (χ0v) is 12.3. The minimum atomic E-state index is -1.04. The van der Waals surface area contributed by atoms with Crippen LogP contribution in [0.15, 0.2) is 24.3 Å². The number of rotatable bonds is 5. The van der Waals surface area contributed by atoms with Gasteiger partial charge in [0.05, 0.1) is 7.11 Å². The Morgan fingerprint density at radius 1 is 1.25 bits per heavy atom. The van der Waals surface area contributed by atoms with Gasteiger partial charge in [-0.05, 0) is 17.7 Å². The number of carboxylic acids is 1. The van der Waals surface area contributed by atoms with Gasteiger partial charge in [0.15, 0.2) is 0 Å². The van der Waals surface area contributed by atoms with Gasteiger partial charge in [-0.1, -0.05) is 32.9 Å². The van der Waals surface area contributed by atoms with E-state index in [0.717, 1.165) is 5.56 Å². The van der Waals surface area contributed by atoms with Gasteiger partial charge >= 0.3 is 5.97 Å². The number of carbonyl (C=O) groups is 2. The molecule has 1 rings (SSSR count). The normalized spacial score (nSPS) is 12.6. The van der Waals surface area contributed by atoms with Crippen molar-refractivity contribution in [2.24, 2.45) is 5.41 Å². The fraction of sp³-hybridized carbons (Fsp3) is 0.467. The van der Waals surface area contributed by atoms with Crippen LogP contribution in [0.1, 0.15) is 26.3 Å². The number of hydrogen-bond acceptors (Lipinski definition) is 3. The van der Waals surface area contributed by atoms with Crippen LogP contribution in [0.2, 0.25) is 0 Å². The number of carboxylic acid groups (broad SMARTS) is 1. The van der Waals surface area contributed by atoms with Crippen molar-refractivity contribution in [2.75, 3.05) is 7.11 Å². The highest BCUT2D eigenvalue weighted by Crippen LogP contribution is 2.15. The number of carbonyl (C=O) groups excluding carboxylic acids is 1. The second kappa shape index (κ2) is 6.41. The molecule has 0 fully saturated rings. The lowest BCUT2D eigenvalue weighted by Crippen LogP contribution is -2.46.